The van der Waals surface area contributed by atoms with Crippen LogP contribution in [-0.2, 0) is 9.47 Å². The van der Waals surface area contributed by atoms with Crippen molar-refractivity contribution in [3.8, 4) is 22.9 Å². The highest BCUT2D eigenvalue weighted by Gasteiger charge is 2.28. The number of unbranched alkanes of at least 4 members (excludes halogenated alkanes) is 2. The van der Waals surface area contributed by atoms with Crippen molar-refractivity contribution < 1.29 is 27.7 Å². The van der Waals surface area contributed by atoms with E-state index in [0.29, 0.717) is 37.9 Å². The molecule has 194 valence electrons. The Labute approximate surface area is 207 Å². The molecule has 0 N–H and O–H groups in total. The maximum absolute atomic E-state index is 15.4. The van der Waals surface area contributed by atoms with Crippen molar-refractivity contribution in [3.63, 3.8) is 0 Å². The Bertz CT molecular complexity index is 908. The summed E-state index contributed by atoms with van der Waals surface area (Å²) < 4.78 is 53.0. The highest BCUT2D eigenvalue weighted by molar-refractivity contribution is 5.72. The fourth-order valence-corrected chi connectivity index (χ4v) is 4.35. The molecule has 0 atom stereocenters. The molecule has 0 spiro atoms. The van der Waals surface area contributed by atoms with Crippen LogP contribution < -0.4 is 14.4 Å². The smallest absolute Gasteiger partial charge is 0.224 e. The van der Waals surface area contributed by atoms with Crippen LogP contribution in [0.2, 0.25) is 0 Å². The van der Waals surface area contributed by atoms with E-state index < -0.39 is 11.6 Å². The molecule has 1 saturated heterocycles. The topological polar surface area (TPSA) is 53.1 Å². The van der Waals surface area contributed by atoms with Gasteiger partial charge in [-0.1, -0.05) is 26.7 Å². The fraction of sp³-hybridized carbons (Fsp3) is 0.593. The first-order chi connectivity index (χ1) is 17.0. The molecule has 1 aliphatic heterocycles. The van der Waals surface area contributed by atoms with Crippen LogP contribution in [0, 0.1) is 17.6 Å². The molecule has 0 saturated carbocycles. The Morgan fingerprint density at radius 2 is 1.54 bits per heavy atom. The predicted molar refractivity (Wildman–Crippen MR) is 133 cm³/mol. The number of nitrogens with zero attached hydrogens (tertiary/aromatic N) is 2. The van der Waals surface area contributed by atoms with E-state index >= 15 is 8.78 Å². The van der Waals surface area contributed by atoms with Crippen LogP contribution in [0.3, 0.4) is 0 Å². The van der Waals surface area contributed by atoms with E-state index in [2.05, 4.69) is 11.9 Å². The summed E-state index contributed by atoms with van der Waals surface area (Å²) in [5.74, 6) is -0.461. The number of methoxy groups -OCH3 is 2. The third-order valence-electron chi connectivity index (χ3n) is 6.37. The second kappa shape index (κ2) is 13.6. The van der Waals surface area contributed by atoms with Crippen LogP contribution in [0.4, 0.5) is 14.5 Å². The maximum Gasteiger partial charge on any atom is 0.224 e. The lowest BCUT2D eigenvalue weighted by molar-refractivity contribution is -0.141. The summed E-state index contributed by atoms with van der Waals surface area (Å²) in [5.41, 5.74) is 0.670. The van der Waals surface area contributed by atoms with Gasteiger partial charge < -0.3 is 23.8 Å². The second-order valence-electron chi connectivity index (χ2n) is 8.85. The Kier molecular flexibility index (Phi) is 10.5. The molecule has 8 heteroatoms. The van der Waals surface area contributed by atoms with Gasteiger partial charge in [-0.25, -0.2) is 8.78 Å². The zero-order chi connectivity index (χ0) is 25.2. The molecule has 35 heavy (non-hydrogen) atoms. The Hall–Kier alpha value is -2.45. The van der Waals surface area contributed by atoms with Gasteiger partial charge in [0, 0.05) is 45.0 Å². The van der Waals surface area contributed by atoms with E-state index in [1.165, 1.54) is 12.1 Å². The molecular weight excluding hydrogens is 454 g/mol. The van der Waals surface area contributed by atoms with Crippen molar-refractivity contribution in [2.45, 2.75) is 58.7 Å². The van der Waals surface area contributed by atoms with Crippen molar-refractivity contribution in [1.82, 2.24) is 4.98 Å². The van der Waals surface area contributed by atoms with Gasteiger partial charge >= 0.3 is 0 Å². The quantitative estimate of drug-likeness (QED) is 0.244. The van der Waals surface area contributed by atoms with Crippen LogP contribution >= 0.6 is 0 Å². The van der Waals surface area contributed by atoms with E-state index in [0.717, 1.165) is 38.5 Å². The zero-order valence-electron chi connectivity index (χ0n) is 21.3. The minimum absolute atomic E-state index is 0.137. The standard InChI is InChI=1S/C27H38F2N2O4/c1-5-7-15-34-24-10-9-21(26(30-24)35-16-8-6-2)25-22(28)17-20(18-23(25)29)31-13-11-19(12-14-31)27(32-3)33-4/h9-10,17-19,27H,5-8,11-16H2,1-4H3. The lowest BCUT2D eigenvalue weighted by Gasteiger charge is -2.36. The minimum Gasteiger partial charge on any atom is -0.478 e. The molecule has 0 amide bonds. The van der Waals surface area contributed by atoms with Crippen molar-refractivity contribution in [2.24, 2.45) is 5.92 Å². The average Bonchev–Trinajstić information content (AvgIpc) is 2.86. The molecule has 6 nitrogen and oxygen atoms in total. The molecule has 1 fully saturated rings. The van der Waals surface area contributed by atoms with Gasteiger partial charge in [0.2, 0.25) is 11.8 Å². The molecule has 0 bridgehead atoms. The average molecular weight is 493 g/mol. The number of hydrogen-bond acceptors (Lipinski definition) is 6. The van der Waals surface area contributed by atoms with Gasteiger partial charge in [-0.05, 0) is 43.9 Å². The number of rotatable bonds is 13. The summed E-state index contributed by atoms with van der Waals surface area (Å²) in [4.78, 5) is 6.41. The molecule has 0 aliphatic carbocycles. The number of piperidine rings is 1. The highest BCUT2D eigenvalue weighted by atomic mass is 19.1. The van der Waals surface area contributed by atoms with E-state index in [1.54, 1.807) is 26.4 Å². The first-order valence-electron chi connectivity index (χ1n) is 12.6. The second-order valence-corrected chi connectivity index (χ2v) is 8.85. The number of aromatic nitrogens is 1. The SMILES string of the molecule is CCCCOc1ccc(-c2c(F)cc(N3CCC(C(OC)OC)CC3)cc2F)c(OCCCC)n1. The molecule has 2 aromatic rings. The number of hydrogen-bond donors (Lipinski definition) is 0. The number of benzene rings is 1. The largest absolute Gasteiger partial charge is 0.478 e. The van der Waals surface area contributed by atoms with E-state index in [-0.39, 0.29) is 29.2 Å². The molecule has 1 aliphatic rings. The Balaban J connectivity index is 1.83. The molecule has 2 heterocycles. The van der Waals surface area contributed by atoms with Gasteiger partial charge in [0.1, 0.15) is 11.6 Å². The summed E-state index contributed by atoms with van der Waals surface area (Å²) in [5, 5.41) is 0. The van der Waals surface area contributed by atoms with Crippen molar-refractivity contribution >= 4 is 5.69 Å². The lowest BCUT2D eigenvalue weighted by Crippen LogP contribution is -2.39. The molecule has 0 radical (unpaired) electrons. The van der Waals surface area contributed by atoms with E-state index in [9.17, 15) is 0 Å². The monoisotopic (exact) mass is 492 g/mol. The van der Waals surface area contributed by atoms with Gasteiger partial charge in [0.25, 0.3) is 0 Å². The summed E-state index contributed by atoms with van der Waals surface area (Å²) in [6.45, 7) is 6.40. The Morgan fingerprint density at radius 1 is 0.943 bits per heavy atom. The summed E-state index contributed by atoms with van der Waals surface area (Å²) in [7, 11) is 3.26. The van der Waals surface area contributed by atoms with Crippen LogP contribution in [0.15, 0.2) is 24.3 Å². The van der Waals surface area contributed by atoms with Crippen LogP contribution in [0.5, 0.6) is 11.8 Å². The van der Waals surface area contributed by atoms with Gasteiger partial charge in [0.15, 0.2) is 6.29 Å². The number of pyridine rings is 1. The van der Waals surface area contributed by atoms with Crippen molar-refractivity contribution in [1.29, 1.82) is 0 Å². The van der Waals surface area contributed by atoms with Gasteiger partial charge in [0.05, 0.1) is 24.3 Å². The molecular formula is C27H38F2N2O4. The normalized spacial score (nSPS) is 14.5. The van der Waals surface area contributed by atoms with Crippen LogP contribution in [-0.4, -0.2) is 51.8 Å². The lowest BCUT2D eigenvalue weighted by atomic mass is 9.95. The van der Waals surface area contributed by atoms with Gasteiger partial charge in [-0.3, -0.25) is 0 Å². The summed E-state index contributed by atoms with van der Waals surface area (Å²) in [6, 6.07) is 6.05. The third-order valence-corrected chi connectivity index (χ3v) is 6.37. The number of halogens is 2. The summed E-state index contributed by atoms with van der Waals surface area (Å²) >= 11 is 0. The zero-order valence-corrected chi connectivity index (χ0v) is 21.3. The van der Waals surface area contributed by atoms with Gasteiger partial charge in [-0.15, -0.1) is 0 Å². The fourth-order valence-electron chi connectivity index (χ4n) is 4.35. The van der Waals surface area contributed by atoms with Crippen LogP contribution in [0.1, 0.15) is 52.4 Å². The van der Waals surface area contributed by atoms with E-state index in [1.807, 2.05) is 11.8 Å². The highest BCUT2D eigenvalue weighted by Crippen LogP contribution is 2.37. The predicted octanol–water partition coefficient (Wildman–Crippen LogP) is 6.22. The molecule has 1 aromatic carbocycles. The molecule has 1 aromatic heterocycles. The number of anilines is 1. The van der Waals surface area contributed by atoms with Crippen molar-refractivity contribution in [2.75, 3.05) is 45.4 Å². The number of ether oxygens (including phenoxy) is 4. The first-order valence-corrected chi connectivity index (χ1v) is 12.6. The summed E-state index contributed by atoms with van der Waals surface area (Å²) in [6.07, 6.45) is 5.01. The van der Waals surface area contributed by atoms with Crippen LogP contribution in [0.25, 0.3) is 11.1 Å². The van der Waals surface area contributed by atoms with Crippen molar-refractivity contribution in [3.05, 3.63) is 35.9 Å². The maximum atomic E-state index is 15.4. The Morgan fingerprint density at radius 3 is 2.11 bits per heavy atom. The third kappa shape index (κ3) is 7.04. The molecule has 0 unspecified atom stereocenters. The molecule has 3 rings (SSSR count). The van der Waals surface area contributed by atoms with E-state index in [4.69, 9.17) is 18.9 Å². The minimum atomic E-state index is -0.643. The van der Waals surface area contributed by atoms with Gasteiger partial charge in [-0.2, -0.15) is 4.98 Å². The first kappa shape index (κ1) is 27.1.